The Morgan fingerprint density at radius 1 is 1.10 bits per heavy atom. The van der Waals surface area contributed by atoms with Crippen molar-refractivity contribution in [2.24, 2.45) is 0 Å². The molecule has 1 heterocycles. The predicted octanol–water partition coefficient (Wildman–Crippen LogP) is 2.82. The normalized spacial score (nSPS) is 14.7. The Morgan fingerprint density at radius 2 is 1.83 bits per heavy atom. The molecule has 2 aromatic carbocycles. The Hall–Kier alpha value is -2.83. The van der Waals surface area contributed by atoms with Gasteiger partial charge in [0, 0.05) is 49.4 Å². The molecule has 0 radical (unpaired) electrons. The van der Waals surface area contributed by atoms with E-state index in [4.69, 9.17) is 16.3 Å². The van der Waals surface area contributed by atoms with E-state index in [0.29, 0.717) is 24.7 Å². The summed E-state index contributed by atoms with van der Waals surface area (Å²) >= 11 is 6.11. The molecule has 1 aliphatic rings. The minimum absolute atomic E-state index is 0.0000784. The monoisotopic (exact) mass is 427 g/mol. The second kappa shape index (κ2) is 10.8. The summed E-state index contributed by atoms with van der Waals surface area (Å²) in [7, 11) is 1.65. The van der Waals surface area contributed by atoms with Crippen LogP contribution in [0.2, 0.25) is 5.02 Å². The SMILES string of the molecule is COc1ccc(Cl)cc1CN1CCN(C(=O)CNC(=O)/C=C/c2ccccc2)CC1. The molecule has 0 bridgehead atoms. The fourth-order valence-corrected chi connectivity index (χ4v) is 3.53. The van der Waals surface area contributed by atoms with Crippen molar-refractivity contribution < 1.29 is 14.3 Å². The summed E-state index contributed by atoms with van der Waals surface area (Å²) in [6, 6.07) is 15.1. The molecule has 0 atom stereocenters. The summed E-state index contributed by atoms with van der Waals surface area (Å²) in [4.78, 5) is 28.4. The van der Waals surface area contributed by atoms with E-state index in [1.54, 1.807) is 18.1 Å². The quantitative estimate of drug-likeness (QED) is 0.690. The molecule has 30 heavy (non-hydrogen) atoms. The minimum atomic E-state index is -0.279. The Bertz CT molecular complexity index is 894. The van der Waals surface area contributed by atoms with Crippen LogP contribution in [0.15, 0.2) is 54.6 Å². The first-order valence-electron chi connectivity index (χ1n) is 9.88. The van der Waals surface area contributed by atoms with Gasteiger partial charge in [-0.25, -0.2) is 0 Å². The highest BCUT2D eigenvalue weighted by Gasteiger charge is 2.22. The summed E-state index contributed by atoms with van der Waals surface area (Å²) in [5, 5.41) is 3.34. The average Bonchev–Trinajstić information content (AvgIpc) is 2.77. The van der Waals surface area contributed by atoms with Crippen molar-refractivity contribution in [1.29, 1.82) is 0 Å². The van der Waals surface area contributed by atoms with Crippen LogP contribution in [0.3, 0.4) is 0 Å². The zero-order valence-corrected chi connectivity index (χ0v) is 17.8. The second-order valence-corrected chi connectivity index (χ2v) is 7.51. The third-order valence-electron chi connectivity index (χ3n) is 5.00. The molecule has 1 aliphatic heterocycles. The minimum Gasteiger partial charge on any atom is -0.496 e. The van der Waals surface area contributed by atoms with Gasteiger partial charge in [-0.2, -0.15) is 0 Å². The molecule has 1 fully saturated rings. The lowest BCUT2D eigenvalue weighted by atomic mass is 10.1. The van der Waals surface area contributed by atoms with Crippen LogP contribution in [0.1, 0.15) is 11.1 Å². The number of benzene rings is 2. The molecule has 158 valence electrons. The first-order valence-corrected chi connectivity index (χ1v) is 10.3. The Morgan fingerprint density at radius 3 is 2.53 bits per heavy atom. The van der Waals surface area contributed by atoms with E-state index in [0.717, 1.165) is 30.0 Å². The van der Waals surface area contributed by atoms with Gasteiger partial charge in [0.2, 0.25) is 11.8 Å². The molecule has 6 nitrogen and oxygen atoms in total. The molecule has 0 saturated carbocycles. The second-order valence-electron chi connectivity index (χ2n) is 7.07. The van der Waals surface area contributed by atoms with Crippen LogP contribution in [0.5, 0.6) is 5.75 Å². The number of amides is 2. The number of ether oxygens (including phenoxy) is 1. The van der Waals surface area contributed by atoms with Gasteiger partial charge < -0.3 is 15.0 Å². The molecule has 0 spiro atoms. The number of methoxy groups -OCH3 is 1. The van der Waals surface area contributed by atoms with Crippen LogP contribution in [-0.4, -0.2) is 61.4 Å². The van der Waals surface area contributed by atoms with Gasteiger partial charge in [0.1, 0.15) is 5.75 Å². The van der Waals surface area contributed by atoms with Crippen molar-refractivity contribution in [3.05, 3.63) is 70.8 Å². The van der Waals surface area contributed by atoms with Crippen LogP contribution in [0, 0.1) is 0 Å². The largest absolute Gasteiger partial charge is 0.496 e. The number of halogens is 1. The molecule has 3 rings (SSSR count). The smallest absolute Gasteiger partial charge is 0.244 e. The van der Waals surface area contributed by atoms with Gasteiger partial charge in [0.25, 0.3) is 0 Å². The predicted molar refractivity (Wildman–Crippen MR) is 118 cm³/mol. The van der Waals surface area contributed by atoms with E-state index < -0.39 is 0 Å². The first-order chi connectivity index (χ1) is 14.5. The van der Waals surface area contributed by atoms with Crippen molar-refractivity contribution in [3.8, 4) is 5.75 Å². The summed E-state index contributed by atoms with van der Waals surface area (Å²) in [5.41, 5.74) is 1.97. The van der Waals surface area contributed by atoms with Crippen molar-refractivity contribution in [2.45, 2.75) is 6.54 Å². The molecular weight excluding hydrogens is 402 g/mol. The van der Waals surface area contributed by atoms with Crippen molar-refractivity contribution in [2.75, 3.05) is 39.8 Å². The van der Waals surface area contributed by atoms with Crippen LogP contribution in [0.4, 0.5) is 0 Å². The van der Waals surface area contributed by atoms with Crippen molar-refractivity contribution >= 4 is 29.5 Å². The lowest BCUT2D eigenvalue weighted by molar-refractivity contribution is -0.133. The van der Waals surface area contributed by atoms with Crippen LogP contribution in [-0.2, 0) is 16.1 Å². The van der Waals surface area contributed by atoms with Gasteiger partial charge in [0.05, 0.1) is 13.7 Å². The zero-order chi connectivity index (χ0) is 21.3. The van der Waals surface area contributed by atoms with E-state index >= 15 is 0 Å². The van der Waals surface area contributed by atoms with Gasteiger partial charge in [0.15, 0.2) is 0 Å². The average molecular weight is 428 g/mol. The molecular formula is C23H26ClN3O3. The van der Waals surface area contributed by atoms with Crippen LogP contribution < -0.4 is 10.1 Å². The Kier molecular flexibility index (Phi) is 7.88. The number of nitrogens with one attached hydrogen (secondary N) is 1. The van der Waals surface area contributed by atoms with Crippen LogP contribution in [0.25, 0.3) is 6.08 Å². The van der Waals surface area contributed by atoms with E-state index in [9.17, 15) is 9.59 Å². The van der Waals surface area contributed by atoms with Gasteiger partial charge in [-0.1, -0.05) is 41.9 Å². The topological polar surface area (TPSA) is 61.9 Å². The van der Waals surface area contributed by atoms with E-state index in [1.165, 1.54) is 6.08 Å². The number of carbonyl (C=O) groups excluding carboxylic acids is 2. The number of carbonyl (C=O) groups is 2. The van der Waals surface area contributed by atoms with Crippen molar-refractivity contribution in [3.63, 3.8) is 0 Å². The van der Waals surface area contributed by atoms with Gasteiger partial charge in [-0.3, -0.25) is 14.5 Å². The molecule has 2 aromatic rings. The summed E-state index contributed by atoms with van der Waals surface area (Å²) in [5.74, 6) is 0.458. The fraction of sp³-hybridized carbons (Fsp3) is 0.304. The Labute approximate surface area is 182 Å². The van der Waals surface area contributed by atoms with Gasteiger partial charge >= 0.3 is 0 Å². The number of hydrogen-bond donors (Lipinski definition) is 1. The van der Waals surface area contributed by atoms with Gasteiger partial charge in [-0.15, -0.1) is 0 Å². The molecule has 1 N–H and O–H groups in total. The standard InChI is InChI=1S/C23H26ClN3O3/c1-30-21-9-8-20(24)15-19(21)17-26-11-13-27(14-12-26)23(29)16-25-22(28)10-7-18-5-3-2-4-6-18/h2-10,15H,11-14,16-17H2,1H3,(H,25,28)/b10-7+. The number of rotatable bonds is 7. The molecule has 0 unspecified atom stereocenters. The molecule has 1 saturated heterocycles. The molecule has 0 aliphatic carbocycles. The summed E-state index contributed by atoms with van der Waals surface area (Å²) in [6.45, 7) is 3.47. The zero-order valence-electron chi connectivity index (χ0n) is 17.0. The highest BCUT2D eigenvalue weighted by Crippen LogP contribution is 2.24. The van der Waals surface area contributed by atoms with E-state index in [2.05, 4.69) is 10.2 Å². The molecule has 7 heteroatoms. The van der Waals surface area contributed by atoms with E-state index in [1.807, 2.05) is 48.5 Å². The maximum absolute atomic E-state index is 12.4. The lowest BCUT2D eigenvalue weighted by Gasteiger charge is -2.35. The summed E-state index contributed by atoms with van der Waals surface area (Å²) < 4.78 is 5.41. The Balaban J connectivity index is 1.42. The highest BCUT2D eigenvalue weighted by molar-refractivity contribution is 6.30. The fourth-order valence-electron chi connectivity index (χ4n) is 3.34. The summed E-state index contributed by atoms with van der Waals surface area (Å²) in [6.07, 6.45) is 3.17. The maximum atomic E-state index is 12.4. The maximum Gasteiger partial charge on any atom is 0.244 e. The van der Waals surface area contributed by atoms with Crippen LogP contribution >= 0.6 is 11.6 Å². The first kappa shape index (κ1) is 21.9. The van der Waals surface area contributed by atoms with E-state index in [-0.39, 0.29) is 18.4 Å². The van der Waals surface area contributed by atoms with Crippen molar-refractivity contribution in [1.82, 2.24) is 15.1 Å². The number of hydrogen-bond acceptors (Lipinski definition) is 4. The number of piperazine rings is 1. The highest BCUT2D eigenvalue weighted by atomic mass is 35.5. The third kappa shape index (κ3) is 6.34. The molecule has 2 amide bonds. The van der Waals surface area contributed by atoms with Gasteiger partial charge in [-0.05, 0) is 29.8 Å². The number of nitrogens with zero attached hydrogens (tertiary/aromatic N) is 2. The lowest BCUT2D eigenvalue weighted by Crippen LogP contribution is -2.50. The third-order valence-corrected chi connectivity index (χ3v) is 5.24. The molecule has 0 aromatic heterocycles.